The summed E-state index contributed by atoms with van der Waals surface area (Å²) >= 11 is 0. The van der Waals surface area contributed by atoms with Crippen LogP contribution in [0.2, 0.25) is 0 Å². The molecule has 22 heavy (non-hydrogen) atoms. The van der Waals surface area contributed by atoms with Gasteiger partial charge in [-0.1, -0.05) is 6.07 Å². The van der Waals surface area contributed by atoms with E-state index in [0.29, 0.717) is 10.9 Å². The first kappa shape index (κ1) is 12.8. The molecule has 3 heterocycles. The first-order valence-corrected chi connectivity index (χ1v) is 7.12. The molecule has 0 fully saturated rings. The predicted octanol–water partition coefficient (Wildman–Crippen LogP) is 2.88. The maximum absolute atomic E-state index is 12.6. The van der Waals surface area contributed by atoms with Crippen LogP contribution in [0.1, 0.15) is 18.5 Å². The quantitative estimate of drug-likeness (QED) is 0.617. The second-order valence-electron chi connectivity index (χ2n) is 5.35. The van der Waals surface area contributed by atoms with Gasteiger partial charge in [-0.2, -0.15) is 0 Å². The van der Waals surface area contributed by atoms with E-state index in [2.05, 4.69) is 21.0 Å². The third-order valence-corrected chi connectivity index (χ3v) is 4.06. The molecule has 0 bridgehead atoms. The molecule has 0 aliphatic rings. The molecule has 1 N–H and O–H groups in total. The highest BCUT2D eigenvalue weighted by atomic mass is 16.1. The van der Waals surface area contributed by atoms with Crippen LogP contribution in [0.25, 0.3) is 21.8 Å². The molecule has 0 saturated carbocycles. The fraction of sp³-hybridized carbons (Fsp3) is 0.118. The number of benzene rings is 1. The van der Waals surface area contributed by atoms with E-state index in [1.165, 1.54) is 0 Å². The molecule has 0 unspecified atom stereocenters. The lowest BCUT2D eigenvalue weighted by atomic mass is 10.1. The van der Waals surface area contributed by atoms with E-state index in [9.17, 15) is 4.79 Å². The van der Waals surface area contributed by atoms with Crippen LogP contribution < -0.4 is 5.56 Å². The molecule has 0 aliphatic carbocycles. The number of rotatable bonds is 2. The summed E-state index contributed by atoms with van der Waals surface area (Å²) in [7, 11) is 0. The minimum Gasteiger partial charge on any atom is -0.361 e. The highest BCUT2D eigenvalue weighted by molar-refractivity contribution is 5.80. The molecule has 0 radical (unpaired) electrons. The normalized spacial score (nSPS) is 12.8. The van der Waals surface area contributed by atoms with Crippen LogP contribution in [0.3, 0.4) is 0 Å². The van der Waals surface area contributed by atoms with Crippen molar-refractivity contribution in [2.75, 3.05) is 0 Å². The van der Waals surface area contributed by atoms with Crippen molar-refractivity contribution in [1.82, 2.24) is 19.5 Å². The molecule has 1 atom stereocenters. The monoisotopic (exact) mass is 290 g/mol. The zero-order chi connectivity index (χ0) is 15.1. The Morgan fingerprint density at radius 2 is 2.14 bits per heavy atom. The van der Waals surface area contributed by atoms with E-state index in [4.69, 9.17) is 0 Å². The zero-order valence-corrected chi connectivity index (χ0v) is 12.0. The number of fused-ring (bicyclic) bond motifs is 2. The molecule has 0 aliphatic heterocycles. The Morgan fingerprint density at radius 1 is 1.23 bits per heavy atom. The lowest BCUT2D eigenvalue weighted by Gasteiger charge is -2.15. The largest absolute Gasteiger partial charge is 0.361 e. The van der Waals surface area contributed by atoms with Gasteiger partial charge >= 0.3 is 0 Å². The topological polar surface area (TPSA) is 63.6 Å². The van der Waals surface area contributed by atoms with Crippen molar-refractivity contribution in [3.05, 3.63) is 71.2 Å². The van der Waals surface area contributed by atoms with Crippen molar-refractivity contribution in [2.24, 2.45) is 0 Å². The number of nitrogens with one attached hydrogen (secondary N) is 1. The molecular formula is C17H14N4O. The number of hydrogen-bond donors (Lipinski definition) is 1. The van der Waals surface area contributed by atoms with Crippen LogP contribution in [0.15, 0.2) is 60.0 Å². The molecule has 4 aromatic rings. The van der Waals surface area contributed by atoms with Gasteiger partial charge in [-0.3, -0.25) is 14.3 Å². The van der Waals surface area contributed by atoms with E-state index in [1.807, 2.05) is 31.3 Å². The van der Waals surface area contributed by atoms with E-state index in [1.54, 1.807) is 29.4 Å². The minimum absolute atomic E-state index is 0.0697. The summed E-state index contributed by atoms with van der Waals surface area (Å²) in [4.78, 5) is 24.2. The average molecular weight is 290 g/mol. The van der Waals surface area contributed by atoms with Crippen LogP contribution in [0.5, 0.6) is 0 Å². The number of nitrogens with zero attached hydrogens (tertiary/aromatic N) is 3. The maximum Gasteiger partial charge on any atom is 0.263 e. The summed E-state index contributed by atoms with van der Waals surface area (Å²) in [5, 5.41) is 1.67. The van der Waals surface area contributed by atoms with Gasteiger partial charge < -0.3 is 4.98 Å². The molecule has 0 spiro atoms. The Balaban J connectivity index is 1.86. The van der Waals surface area contributed by atoms with Gasteiger partial charge in [-0.05, 0) is 42.1 Å². The molecule has 0 saturated heterocycles. The van der Waals surface area contributed by atoms with Crippen LogP contribution in [0, 0.1) is 0 Å². The second kappa shape index (κ2) is 4.80. The highest BCUT2D eigenvalue weighted by Crippen LogP contribution is 2.21. The SMILES string of the molecule is C[C@H](c1ccc2[nH]ccc2c1)n1cnc2ccncc2c1=O. The molecule has 108 valence electrons. The zero-order valence-electron chi connectivity index (χ0n) is 12.0. The lowest BCUT2D eigenvalue weighted by molar-refractivity contribution is 0.609. The van der Waals surface area contributed by atoms with Crippen LogP contribution >= 0.6 is 0 Å². The van der Waals surface area contributed by atoms with E-state index < -0.39 is 0 Å². The van der Waals surface area contributed by atoms with Crippen LogP contribution in [-0.4, -0.2) is 19.5 Å². The molecule has 5 nitrogen and oxygen atoms in total. The molecule has 1 aromatic carbocycles. The molecule has 5 heteroatoms. The summed E-state index contributed by atoms with van der Waals surface area (Å²) < 4.78 is 1.65. The van der Waals surface area contributed by atoms with Crippen molar-refractivity contribution in [1.29, 1.82) is 0 Å². The van der Waals surface area contributed by atoms with Crippen molar-refractivity contribution >= 4 is 21.8 Å². The van der Waals surface area contributed by atoms with Gasteiger partial charge in [-0.15, -0.1) is 0 Å². The minimum atomic E-state index is -0.0936. The molecule has 3 aromatic heterocycles. The predicted molar refractivity (Wildman–Crippen MR) is 85.9 cm³/mol. The number of aromatic amines is 1. The smallest absolute Gasteiger partial charge is 0.263 e. The summed E-state index contributed by atoms with van der Waals surface area (Å²) in [5.74, 6) is 0. The van der Waals surface area contributed by atoms with Crippen molar-refractivity contribution in [3.8, 4) is 0 Å². The molecular weight excluding hydrogens is 276 g/mol. The van der Waals surface area contributed by atoms with Gasteiger partial charge in [0.25, 0.3) is 5.56 Å². The van der Waals surface area contributed by atoms with Gasteiger partial charge in [-0.25, -0.2) is 4.98 Å². The van der Waals surface area contributed by atoms with Gasteiger partial charge in [0.2, 0.25) is 0 Å². The Hall–Kier alpha value is -2.95. The molecule has 4 rings (SSSR count). The Labute approximate surface area is 126 Å². The lowest BCUT2D eigenvalue weighted by Crippen LogP contribution is -2.24. The number of hydrogen-bond acceptors (Lipinski definition) is 3. The van der Waals surface area contributed by atoms with E-state index in [-0.39, 0.29) is 11.6 Å². The second-order valence-corrected chi connectivity index (χ2v) is 5.35. The third-order valence-electron chi connectivity index (χ3n) is 4.06. The summed E-state index contributed by atoms with van der Waals surface area (Å²) in [6.45, 7) is 2.00. The van der Waals surface area contributed by atoms with Gasteiger partial charge in [0, 0.05) is 24.1 Å². The number of pyridine rings is 1. The molecule has 0 amide bonds. The van der Waals surface area contributed by atoms with Crippen molar-refractivity contribution in [2.45, 2.75) is 13.0 Å². The summed E-state index contributed by atoms with van der Waals surface area (Å²) in [6, 6.07) is 9.83. The van der Waals surface area contributed by atoms with Crippen LogP contribution in [-0.2, 0) is 0 Å². The maximum atomic E-state index is 12.6. The fourth-order valence-electron chi connectivity index (χ4n) is 2.75. The number of aromatic nitrogens is 4. The van der Waals surface area contributed by atoms with E-state index in [0.717, 1.165) is 16.5 Å². The van der Waals surface area contributed by atoms with Gasteiger partial charge in [0.1, 0.15) is 0 Å². The summed E-state index contributed by atoms with van der Waals surface area (Å²) in [6.07, 6.45) is 6.73. The van der Waals surface area contributed by atoms with Gasteiger partial charge in [0.15, 0.2) is 0 Å². The Morgan fingerprint density at radius 3 is 3.05 bits per heavy atom. The standard InChI is InChI=1S/C17H14N4O/c1-11(12-2-3-15-13(8-12)4-7-19-15)21-10-20-16-5-6-18-9-14(16)17(21)22/h2-11,19H,1H3/t11-/m1/s1. The highest BCUT2D eigenvalue weighted by Gasteiger charge is 2.12. The first-order chi connectivity index (χ1) is 10.7. The third kappa shape index (κ3) is 1.90. The number of H-pyrrole nitrogens is 1. The average Bonchev–Trinajstić information content (AvgIpc) is 3.02. The fourth-order valence-corrected chi connectivity index (χ4v) is 2.75. The van der Waals surface area contributed by atoms with Crippen LogP contribution in [0.4, 0.5) is 0 Å². The van der Waals surface area contributed by atoms with Gasteiger partial charge in [0.05, 0.1) is 23.3 Å². The van der Waals surface area contributed by atoms with Crippen molar-refractivity contribution in [3.63, 3.8) is 0 Å². The van der Waals surface area contributed by atoms with E-state index >= 15 is 0 Å². The first-order valence-electron chi connectivity index (χ1n) is 7.12. The summed E-state index contributed by atoms with van der Waals surface area (Å²) in [5.41, 5.74) is 2.76. The van der Waals surface area contributed by atoms with Crippen molar-refractivity contribution < 1.29 is 0 Å². The Bertz CT molecular complexity index is 1030. The Kier molecular flexibility index (Phi) is 2.79.